The summed E-state index contributed by atoms with van der Waals surface area (Å²) in [4.78, 5) is 13.3. The summed E-state index contributed by atoms with van der Waals surface area (Å²) < 4.78 is 0. The fraction of sp³-hybridized carbons (Fsp3) is 0.615. The number of hydrogen-bond acceptors (Lipinski definition) is 3. The molecule has 0 aliphatic heterocycles. The van der Waals surface area contributed by atoms with E-state index < -0.39 is 0 Å². The van der Waals surface area contributed by atoms with E-state index in [0.717, 1.165) is 25.7 Å². The van der Waals surface area contributed by atoms with E-state index in [1.165, 1.54) is 10.4 Å². The van der Waals surface area contributed by atoms with E-state index in [2.05, 4.69) is 23.7 Å². The van der Waals surface area contributed by atoms with E-state index in [4.69, 9.17) is 5.73 Å². The van der Waals surface area contributed by atoms with Gasteiger partial charge in [0.15, 0.2) is 0 Å². The summed E-state index contributed by atoms with van der Waals surface area (Å²) in [7, 11) is 0. The molecule has 2 rings (SSSR count). The third kappa shape index (κ3) is 3.07. The van der Waals surface area contributed by atoms with Gasteiger partial charge in [-0.05, 0) is 36.8 Å². The lowest BCUT2D eigenvalue weighted by Gasteiger charge is -2.27. The Morgan fingerprint density at radius 3 is 2.94 bits per heavy atom. The molecule has 0 aromatic carbocycles. The molecule has 1 amide bonds. The fourth-order valence-electron chi connectivity index (χ4n) is 2.37. The minimum Gasteiger partial charge on any atom is -0.351 e. The highest BCUT2D eigenvalue weighted by atomic mass is 32.1. The number of nitrogens with two attached hydrogens (primary N) is 1. The van der Waals surface area contributed by atoms with Crippen molar-refractivity contribution in [1.29, 1.82) is 0 Å². The third-order valence-electron chi connectivity index (χ3n) is 3.55. The smallest absolute Gasteiger partial charge is 0.224 e. The number of aryl methyl sites for hydroxylation is 1. The molecule has 3 nitrogen and oxygen atoms in total. The number of carbonyl (C=O) groups excluding carboxylic acids is 1. The average molecular weight is 252 g/mol. The van der Waals surface area contributed by atoms with Crippen LogP contribution in [0, 0.1) is 12.8 Å². The van der Waals surface area contributed by atoms with Crippen LogP contribution in [0.15, 0.2) is 11.4 Å². The summed E-state index contributed by atoms with van der Waals surface area (Å²) in [5.41, 5.74) is 7.25. The number of hydrogen-bond donors (Lipinski definition) is 2. The fourth-order valence-corrected chi connectivity index (χ4v) is 3.21. The average Bonchev–Trinajstić information content (AvgIpc) is 2.72. The van der Waals surface area contributed by atoms with Crippen LogP contribution >= 0.6 is 11.3 Å². The summed E-state index contributed by atoms with van der Waals surface area (Å²) >= 11 is 1.69. The molecule has 1 fully saturated rings. The van der Waals surface area contributed by atoms with Crippen LogP contribution < -0.4 is 11.1 Å². The van der Waals surface area contributed by atoms with Crippen molar-refractivity contribution in [3.8, 4) is 0 Å². The van der Waals surface area contributed by atoms with Gasteiger partial charge in [-0.25, -0.2) is 0 Å². The Morgan fingerprint density at radius 1 is 1.53 bits per heavy atom. The molecule has 0 saturated heterocycles. The zero-order valence-corrected chi connectivity index (χ0v) is 11.1. The summed E-state index contributed by atoms with van der Waals surface area (Å²) in [6, 6.07) is 2.13. The zero-order valence-electron chi connectivity index (χ0n) is 10.2. The molecular formula is C13H20N2OS. The van der Waals surface area contributed by atoms with Crippen molar-refractivity contribution in [1.82, 2.24) is 5.32 Å². The molecule has 0 spiro atoms. The van der Waals surface area contributed by atoms with E-state index >= 15 is 0 Å². The summed E-state index contributed by atoms with van der Waals surface area (Å²) in [6.45, 7) is 2.72. The monoisotopic (exact) mass is 252 g/mol. The first-order chi connectivity index (χ1) is 8.18. The first-order valence-corrected chi connectivity index (χ1v) is 7.12. The normalized spacial score (nSPS) is 24.6. The Hall–Kier alpha value is -0.870. The zero-order chi connectivity index (χ0) is 12.3. The standard InChI is InChI=1S/C13H20N2OS/c1-9-6-7-17-12(9)8-15-13(16)10-4-2-3-5-11(10)14/h6-7,10-11H,2-5,8,14H2,1H3,(H,15,16). The molecule has 3 N–H and O–H groups in total. The van der Waals surface area contributed by atoms with Crippen molar-refractivity contribution in [2.24, 2.45) is 11.7 Å². The molecular weight excluding hydrogens is 232 g/mol. The van der Waals surface area contributed by atoms with Crippen molar-refractivity contribution in [3.63, 3.8) is 0 Å². The van der Waals surface area contributed by atoms with Gasteiger partial charge in [0, 0.05) is 10.9 Å². The lowest BCUT2D eigenvalue weighted by molar-refractivity contribution is -0.126. The maximum atomic E-state index is 12.0. The van der Waals surface area contributed by atoms with Crippen LogP contribution in [0.25, 0.3) is 0 Å². The van der Waals surface area contributed by atoms with Crippen molar-refractivity contribution >= 4 is 17.2 Å². The second-order valence-corrected chi connectivity index (χ2v) is 5.80. The number of carbonyl (C=O) groups is 1. The van der Waals surface area contributed by atoms with Crippen LogP contribution in [0.5, 0.6) is 0 Å². The van der Waals surface area contributed by atoms with Gasteiger partial charge in [-0.3, -0.25) is 4.79 Å². The Kier molecular flexibility index (Phi) is 4.18. The predicted octanol–water partition coefficient (Wildman–Crippen LogP) is 2.19. The van der Waals surface area contributed by atoms with Crippen LogP contribution in [0.4, 0.5) is 0 Å². The van der Waals surface area contributed by atoms with Crippen LogP contribution in [-0.4, -0.2) is 11.9 Å². The second-order valence-electron chi connectivity index (χ2n) is 4.80. The number of rotatable bonds is 3. The molecule has 1 heterocycles. The van der Waals surface area contributed by atoms with Gasteiger partial charge >= 0.3 is 0 Å². The molecule has 2 unspecified atom stereocenters. The minimum absolute atomic E-state index is 0.0176. The highest BCUT2D eigenvalue weighted by Crippen LogP contribution is 2.23. The Bertz CT molecular complexity index is 389. The largest absolute Gasteiger partial charge is 0.351 e. The van der Waals surface area contributed by atoms with E-state index in [1.807, 2.05) is 0 Å². The van der Waals surface area contributed by atoms with Crippen LogP contribution in [0.3, 0.4) is 0 Å². The van der Waals surface area contributed by atoms with Crippen molar-refractivity contribution < 1.29 is 4.79 Å². The van der Waals surface area contributed by atoms with Crippen LogP contribution in [-0.2, 0) is 11.3 Å². The number of amides is 1. The summed E-state index contributed by atoms with van der Waals surface area (Å²) in [6.07, 6.45) is 4.21. The number of thiophene rings is 1. The molecule has 4 heteroatoms. The first-order valence-electron chi connectivity index (χ1n) is 6.24. The maximum Gasteiger partial charge on any atom is 0.224 e. The van der Waals surface area contributed by atoms with E-state index in [0.29, 0.717) is 6.54 Å². The molecule has 1 aromatic rings. The van der Waals surface area contributed by atoms with Crippen LogP contribution in [0.1, 0.15) is 36.1 Å². The molecule has 1 saturated carbocycles. The van der Waals surface area contributed by atoms with Gasteiger partial charge in [0.2, 0.25) is 5.91 Å². The maximum absolute atomic E-state index is 12.0. The van der Waals surface area contributed by atoms with Crippen molar-refractivity contribution in [3.05, 3.63) is 21.9 Å². The highest BCUT2D eigenvalue weighted by Gasteiger charge is 2.27. The molecule has 1 aliphatic carbocycles. The topological polar surface area (TPSA) is 55.1 Å². The highest BCUT2D eigenvalue weighted by molar-refractivity contribution is 7.10. The third-order valence-corrected chi connectivity index (χ3v) is 4.57. The van der Waals surface area contributed by atoms with Gasteiger partial charge in [-0.15, -0.1) is 11.3 Å². The number of nitrogens with one attached hydrogen (secondary N) is 1. The van der Waals surface area contributed by atoms with Gasteiger partial charge in [0.05, 0.1) is 12.5 Å². The van der Waals surface area contributed by atoms with Gasteiger partial charge in [-0.1, -0.05) is 12.8 Å². The second kappa shape index (κ2) is 5.65. The minimum atomic E-state index is 0.0176. The van der Waals surface area contributed by atoms with Gasteiger partial charge in [0.1, 0.15) is 0 Å². The first kappa shape index (κ1) is 12.6. The Morgan fingerprint density at radius 2 is 2.29 bits per heavy atom. The molecule has 17 heavy (non-hydrogen) atoms. The molecule has 0 radical (unpaired) electrons. The molecule has 94 valence electrons. The summed E-state index contributed by atoms with van der Waals surface area (Å²) in [5.74, 6) is 0.147. The Balaban J connectivity index is 1.86. The molecule has 0 bridgehead atoms. The lowest BCUT2D eigenvalue weighted by Crippen LogP contribution is -2.43. The predicted molar refractivity (Wildman–Crippen MR) is 70.8 cm³/mol. The van der Waals surface area contributed by atoms with Crippen molar-refractivity contribution in [2.75, 3.05) is 0 Å². The molecule has 1 aliphatic rings. The summed E-state index contributed by atoms with van der Waals surface area (Å²) in [5, 5.41) is 5.08. The lowest BCUT2D eigenvalue weighted by atomic mass is 9.84. The SMILES string of the molecule is Cc1ccsc1CNC(=O)C1CCCCC1N. The van der Waals surface area contributed by atoms with Gasteiger partial charge in [0.25, 0.3) is 0 Å². The molecule has 2 atom stereocenters. The van der Waals surface area contributed by atoms with Crippen LogP contribution in [0.2, 0.25) is 0 Å². The van der Waals surface area contributed by atoms with Gasteiger partial charge in [-0.2, -0.15) is 0 Å². The van der Waals surface area contributed by atoms with Crippen molar-refractivity contribution in [2.45, 2.75) is 45.2 Å². The van der Waals surface area contributed by atoms with E-state index in [1.54, 1.807) is 11.3 Å². The Labute approximate surface area is 106 Å². The van der Waals surface area contributed by atoms with Gasteiger partial charge < -0.3 is 11.1 Å². The van der Waals surface area contributed by atoms with E-state index in [9.17, 15) is 4.79 Å². The molecule has 1 aromatic heterocycles. The quantitative estimate of drug-likeness (QED) is 0.866. The van der Waals surface area contributed by atoms with E-state index in [-0.39, 0.29) is 17.9 Å².